The molecule has 0 radical (unpaired) electrons. The van der Waals surface area contributed by atoms with Crippen molar-refractivity contribution >= 4 is 27.7 Å². The van der Waals surface area contributed by atoms with Gasteiger partial charge in [-0.05, 0) is 42.8 Å². The molecule has 1 saturated heterocycles. The summed E-state index contributed by atoms with van der Waals surface area (Å²) >= 11 is 6.08. The molecule has 2 atom stereocenters. The van der Waals surface area contributed by atoms with Crippen LogP contribution in [0, 0.1) is 0 Å². The lowest BCUT2D eigenvalue weighted by molar-refractivity contribution is 0.0498. The summed E-state index contributed by atoms with van der Waals surface area (Å²) in [6.07, 6.45) is 0.358. The van der Waals surface area contributed by atoms with Crippen LogP contribution < -0.4 is 4.74 Å². The van der Waals surface area contributed by atoms with Crippen molar-refractivity contribution in [1.82, 2.24) is 4.90 Å². The van der Waals surface area contributed by atoms with Crippen molar-refractivity contribution in [2.75, 3.05) is 24.7 Å². The van der Waals surface area contributed by atoms with Crippen molar-refractivity contribution in [1.29, 1.82) is 0 Å². The molecule has 0 bridgehead atoms. The fraction of sp³-hybridized carbons (Fsp3) is 0.320. The third kappa shape index (κ3) is 6.48. The molecule has 1 aliphatic rings. The van der Waals surface area contributed by atoms with Gasteiger partial charge in [-0.1, -0.05) is 35.9 Å². The molecule has 180 valence electrons. The molecule has 1 aromatic heterocycles. The molecule has 2 unspecified atom stereocenters. The highest BCUT2D eigenvalue weighted by Crippen LogP contribution is 2.27. The Morgan fingerprint density at radius 3 is 2.74 bits per heavy atom. The second-order valence-corrected chi connectivity index (χ2v) is 11.1. The smallest absolute Gasteiger partial charge is 0.151 e. The Morgan fingerprint density at radius 2 is 2.00 bits per heavy atom. The van der Waals surface area contributed by atoms with Gasteiger partial charge in [0.15, 0.2) is 9.84 Å². The molecule has 1 N–H and O–H groups in total. The van der Waals surface area contributed by atoms with Gasteiger partial charge in [-0.25, -0.2) is 8.42 Å². The largest absolute Gasteiger partial charge is 0.491 e. The quantitative estimate of drug-likeness (QED) is 0.420. The molecule has 1 aliphatic heterocycles. The zero-order valence-corrected chi connectivity index (χ0v) is 20.0. The summed E-state index contributed by atoms with van der Waals surface area (Å²) in [6.45, 7) is 0.559. The number of hydrogen-bond donors (Lipinski definition) is 1. The van der Waals surface area contributed by atoms with Crippen LogP contribution >= 0.6 is 11.6 Å². The van der Waals surface area contributed by atoms with Crippen molar-refractivity contribution < 1.29 is 27.5 Å². The molecule has 9 heteroatoms. The number of aliphatic hydroxyl groups is 1. The molecule has 34 heavy (non-hydrogen) atoms. The highest BCUT2D eigenvalue weighted by atomic mass is 35.5. The maximum Gasteiger partial charge on any atom is 0.151 e. The summed E-state index contributed by atoms with van der Waals surface area (Å²) in [5.41, 5.74) is 1.33. The van der Waals surface area contributed by atoms with Crippen molar-refractivity contribution in [2.45, 2.75) is 25.1 Å². The summed E-state index contributed by atoms with van der Waals surface area (Å²) in [5, 5.41) is 11.3. The number of halogens is 1. The Labute approximate surface area is 203 Å². The van der Waals surface area contributed by atoms with Crippen LogP contribution in [-0.4, -0.2) is 61.5 Å². The van der Waals surface area contributed by atoms with Crippen molar-refractivity contribution in [2.24, 2.45) is 0 Å². The van der Waals surface area contributed by atoms with Gasteiger partial charge >= 0.3 is 0 Å². The molecule has 3 aromatic rings. The number of sulfone groups is 1. The monoisotopic (exact) mass is 503 g/mol. The Morgan fingerprint density at radius 1 is 1.18 bits per heavy atom. The molecular weight excluding hydrogens is 478 g/mol. The van der Waals surface area contributed by atoms with Gasteiger partial charge in [-0.2, -0.15) is 0 Å². The predicted octanol–water partition coefficient (Wildman–Crippen LogP) is 3.84. The van der Waals surface area contributed by atoms with E-state index in [4.69, 9.17) is 20.8 Å². The van der Waals surface area contributed by atoms with Crippen LogP contribution in [0.3, 0.4) is 0 Å². The number of aldehydes is 1. The average molecular weight is 504 g/mol. The Balaban J connectivity index is 1.44. The van der Waals surface area contributed by atoms with E-state index >= 15 is 0 Å². The zero-order valence-electron chi connectivity index (χ0n) is 18.5. The van der Waals surface area contributed by atoms with Gasteiger partial charge in [-0.3, -0.25) is 9.69 Å². The number of furan rings is 1. The zero-order chi connectivity index (χ0) is 24.1. The summed E-state index contributed by atoms with van der Waals surface area (Å²) in [6, 6.07) is 17.5. The van der Waals surface area contributed by atoms with Crippen molar-refractivity contribution in [3.63, 3.8) is 0 Å². The topological polar surface area (TPSA) is 97.1 Å². The van der Waals surface area contributed by atoms with Gasteiger partial charge in [0, 0.05) is 28.7 Å². The van der Waals surface area contributed by atoms with Crippen molar-refractivity contribution in [3.05, 3.63) is 77.0 Å². The minimum atomic E-state index is -3.11. The normalized spacial score (nSPS) is 18.1. The van der Waals surface area contributed by atoms with E-state index in [2.05, 4.69) is 0 Å². The minimum absolute atomic E-state index is 0.00417. The first-order chi connectivity index (χ1) is 16.3. The summed E-state index contributed by atoms with van der Waals surface area (Å²) < 4.78 is 35.9. The summed E-state index contributed by atoms with van der Waals surface area (Å²) in [7, 11) is -3.11. The molecule has 2 aromatic carbocycles. The first-order valence-electron chi connectivity index (χ1n) is 11.0. The molecule has 7 nitrogen and oxygen atoms in total. The van der Waals surface area contributed by atoms with E-state index in [1.54, 1.807) is 30.3 Å². The standard InChI is InChI=1S/C25H26ClNO6S/c26-20-5-2-4-19(12-20)25-8-7-24(33-25)14-27(21-9-10-34(30,31)17-21)13-22(29)16-32-23-6-1-3-18(11-23)15-28/h1-8,11-12,15,21-22,29H,9-10,13-14,16-17H2. The minimum Gasteiger partial charge on any atom is -0.491 e. The van der Waals surface area contributed by atoms with E-state index in [1.807, 2.05) is 35.2 Å². The molecule has 0 amide bonds. The van der Waals surface area contributed by atoms with Crippen LogP contribution in [0.1, 0.15) is 22.5 Å². The first kappa shape index (κ1) is 24.5. The Hall–Kier alpha value is -2.65. The maximum absolute atomic E-state index is 12.1. The van der Waals surface area contributed by atoms with Crippen LogP contribution in [0.4, 0.5) is 0 Å². The fourth-order valence-corrected chi connectivity index (χ4v) is 6.01. The van der Waals surface area contributed by atoms with Crippen LogP contribution in [-0.2, 0) is 16.4 Å². The van der Waals surface area contributed by atoms with E-state index in [0.717, 1.165) is 11.8 Å². The van der Waals surface area contributed by atoms with Crippen LogP contribution in [0.2, 0.25) is 5.02 Å². The van der Waals surface area contributed by atoms with Gasteiger partial charge in [-0.15, -0.1) is 0 Å². The van der Waals surface area contributed by atoms with Crippen LogP contribution in [0.15, 0.2) is 65.1 Å². The molecule has 2 heterocycles. The van der Waals surface area contributed by atoms with Crippen molar-refractivity contribution in [3.8, 4) is 17.1 Å². The van der Waals surface area contributed by atoms with E-state index < -0.39 is 15.9 Å². The number of nitrogens with zero attached hydrogens (tertiary/aromatic N) is 1. The number of benzene rings is 2. The van der Waals surface area contributed by atoms with E-state index in [9.17, 15) is 18.3 Å². The number of rotatable bonds is 10. The highest BCUT2D eigenvalue weighted by Gasteiger charge is 2.33. The lowest BCUT2D eigenvalue weighted by Gasteiger charge is -2.29. The highest BCUT2D eigenvalue weighted by molar-refractivity contribution is 7.91. The van der Waals surface area contributed by atoms with E-state index in [1.165, 1.54) is 0 Å². The number of hydrogen-bond acceptors (Lipinski definition) is 7. The summed E-state index contributed by atoms with van der Waals surface area (Å²) in [5.74, 6) is 1.98. The van der Waals surface area contributed by atoms with Crippen LogP contribution in [0.5, 0.6) is 5.75 Å². The fourth-order valence-electron chi connectivity index (χ4n) is 4.06. The third-order valence-electron chi connectivity index (χ3n) is 5.74. The number of carbonyl (C=O) groups excluding carboxylic acids is 1. The summed E-state index contributed by atoms with van der Waals surface area (Å²) in [4.78, 5) is 12.9. The van der Waals surface area contributed by atoms with Gasteiger partial charge < -0.3 is 14.3 Å². The lowest BCUT2D eigenvalue weighted by atomic mass is 10.2. The first-order valence-corrected chi connectivity index (χ1v) is 13.2. The number of ether oxygens (including phenoxy) is 1. The van der Waals surface area contributed by atoms with E-state index in [-0.39, 0.29) is 30.7 Å². The Kier molecular flexibility index (Phi) is 7.73. The Bertz CT molecular complexity index is 1240. The molecule has 0 saturated carbocycles. The SMILES string of the molecule is O=Cc1cccc(OCC(O)CN(Cc2ccc(-c3cccc(Cl)c3)o2)C2CCS(=O)(=O)C2)c1. The molecule has 1 fully saturated rings. The third-order valence-corrected chi connectivity index (χ3v) is 7.72. The van der Waals surface area contributed by atoms with Gasteiger partial charge in [0.25, 0.3) is 0 Å². The molecular formula is C25H26ClNO6S. The van der Waals surface area contributed by atoms with E-state index in [0.29, 0.717) is 40.8 Å². The van der Waals surface area contributed by atoms with Gasteiger partial charge in [0.2, 0.25) is 0 Å². The molecule has 0 spiro atoms. The molecule has 4 rings (SSSR count). The second-order valence-electron chi connectivity index (χ2n) is 8.42. The number of carbonyl (C=O) groups is 1. The predicted molar refractivity (Wildman–Crippen MR) is 130 cm³/mol. The maximum atomic E-state index is 12.1. The average Bonchev–Trinajstić information content (AvgIpc) is 3.43. The lowest BCUT2D eigenvalue weighted by Crippen LogP contribution is -2.42. The second kappa shape index (κ2) is 10.7. The van der Waals surface area contributed by atoms with Gasteiger partial charge in [0.1, 0.15) is 36.3 Å². The number of aliphatic hydroxyl groups excluding tert-OH is 1. The van der Waals surface area contributed by atoms with Gasteiger partial charge in [0.05, 0.1) is 18.1 Å². The molecule has 0 aliphatic carbocycles. The van der Waals surface area contributed by atoms with Crippen LogP contribution in [0.25, 0.3) is 11.3 Å².